The van der Waals surface area contributed by atoms with Crippen molar-refractivity contribution < 1.29 is 0 Å². The maximum absolute atomic E-state index is 3.51. The quantitative estimate of drug-likeness (QED) is 0.869. The number of hydrogen-bond donors (Lipinski definition) is 1. The molecule has 0 spiro atoms. The number of benzene rings is 1. The summed E-state index contributed by atoms with van der Waals surface area (Å²) < 4.78 is 0. The molecule has 1 aliphatic carbocycles. The minimum absolute atomic E-state index is 0.753. The van der Waals surface area contributed by atoms with Crippen molar-refractivity contribution in [2.24, 2.45) is 5.92 Å². The second-order valence-electron chi connectivity index (χ2n) is 6.93. The molecule has 0 bridgehead atoms. The first-order valence-corrected chi connectivity index (χ1v) is 8.32. The first-order valence-electron chi connectivity index (χ1n) is 8.32. The van der Waals surface area contributed by atoms with E-state index in [1.54, 1.807) is 0 Å². The minimum atomic E-state index is 0.753. The Labute approximate surface area is 123 Å². The Bertz CT molecular complexity index is 447. The van der Waals surface area contributed by atoms with Gasteiger partial charge in [0.25, 0.3) is 0 Å². The van der Waals surface area contributed by atoms with Crippen molar-refractivity contribution in [3.63, 3.8) is 0 Å². The molecule has 1 aromatic carbocycles. The third-order valence-corrected chi connectivity index (χ3v) is 4.71. The number of nitrogens with one attached hydrogen (secondary N) is 1. The van der Waals surface area contributed by atoms with Crippen LogP contribution >= 0.6 is 0 Å². The second kappa shape index (κ2) is 6.17. The number of fused-ring (bicyclic) bond motifs is 1. The van der Waals surface area contributed by atoms with Crippen molar-refractivity contribution in [1.82, 2.24) is 4.90 Å². The summed E-state index contributed by atoms with van der Waals surface area (Å²) in [5.41, 5.74) is 4.34. The Kier molecular flexibility index (Phi) is 4.30. The van der Waals surface area contributed by atoms with Gasteiger partial charge in [-0.25, -0.2) is 0 Å². The standard InChI is InChI=1S/C18H28N2/c1-14(2)12-20(17-5-3-4-6-17)13-15-7-8-16-9-10-19-18(16)11-15/h7-8,11,14,17,19H,3-6,9-10,12-13H2,1-2H3. The maximum atomic E-state index is 3.51. The van der Waals surface area contributed by atoms with Crippen molar-refractivity contribution in [1.29, 1.82) is 0 Å². The molecule has 0 saturated heterocycles. The van der Waals surface area contributed by atoms with Crippen molar-refractivity contribution in [3.8, 4) is 0 Å². The van der Waals surface area contributed by atoms with E-state index in [4.69, 9.17) is 0 Å². The lowest BCUT2D eigenvalue weighted by atomic mass is 10.1. The van der Waals surface area contributed by atoms with Gasteiger partial charge in [-0.3, -0.25) is 4.90 Å². The van der Waals surface area contributed by atoms with Crippen molar-refractivity contribution in [2.45, 2.75) is 58.5 Å². The predicted molar refractivity (Wildman–Crippen MR) is 86.1 cm³/mol. The van der Waals surface area contributed by atoms with Gasteiger partial charge >= 0.3 is 0 Å². The van der Waals surface area contributed by atoms with Crippen LogP contribution in [-0.4, -0.2) is 24.0 Å². The fraction of sp³-hybridized carbons (Fsp3) is 0.667. The lowest BCUT2D eigenvalue weighted by Crippen LogP contribution is -2.35. The van der Waals surface area contributed by atoms with Crippen LogP contribution in [0.3, 0.4) is 0 Å². The van der Waals surface area contributed by atoms with Crippen molar-refractivity contribution >= 4 is 5.69 Å². The van der Waals surface area contributed by atoms with Gasteiger partial charge in [-0.15, -0.1) is 0 Å². The Balaban J connectivity index is 1.71. The van der Waals surface area contributed by atoms with E-state index in [1.807, 2.05) is 0 Å². The Morgan fingerprint density at radius 1 is 1.25 bits per heavy atom. The second-order valence-corrected chi connectivity index (χ2v) is 6.93. The van der Waals surface area contributed by atoms with Gasteiger partial charge in [-0.2, -0.15) is 0 Å². The molecule has 1 saturated carbocycles. The average Bonchev–Trinajstić information content (AvgIpc) is 3.08. The summed E-state index contributed by atoms with van der Waals surface area (Å²) in [5.74, 6) is 0.753. The molecule has 2 aliphatic rings. The fourth-order valence-electron chi connectivity index (χ4n) is 3.75. The van der Waals surface area contributed by atoms with Gasteiger partial charge in [0.15, 0.2) is 0 Å². The van der Waals surface area contributed by atoms with Gasteiger partial charge in [0.2, 0.25) is 0 Å². The molecule has 0 aromatic heterocycles. The SMILES string of the molecule is CC(C)CN(Cc1ccc2c(c1)NCC2)C1CCCC1. The molecule has 0 amide bonds. The highest BCUT2D eigenvalue weighted by Crippen LogP contribution is 2.28. The smallest absolute Gasteiger partial charge is 0.0376 e. The number of nitrogens with zero attached hydrogens (tertiary/aromatic N) is 1. The van der Waals surface area contributed by atoms with Crippen molar-refractivity contribution in [3.05, 3.63) is 29.3 Å². The molecule has 20 heavy (non-hydrogen) atoms. The van der Waals surface area contributed by atoms with Crippen LogP contribution in [0.15, 0.2) is 18.2 Å². The molecular weight excluding hydrogens is 244 g/mol. The number of rotatable bonds is 5. The monoisotopic (exact) mass is 272 g/mol. The third kappa shape index (κ3) is 3.17. The summed E-state index contributed by atoms with van der Waals surface area (Å²) in [6, 6.07) is 7.87. The zero-order valence-corrected chi connectivity index (χ0v) is 13.0. The van der Waals surface area contributed by atoms with Crippen LogP contribution in [0.25, 0.3) is 0 Å². The van der Waals surface area contributed by atoms with Crippen LogP contribution in [0.4, 0.5) is 5.69 Å². The van der Waals surface area contributed by atoms with Crippen LogP contribution in [0.5, 0.6) is 0 Å². The predicted octanol–water partition coefficient (Wildman–Crippen LogP) is 4.06. The molecule has 0 atom stereocenters. The Morgan fingerprint density at radius 3 is 2.80 bits per heavy atom. The maximum Gasteiger partial charge on any atom is 0.0376 e. The van der Waals surface area contributed by atoms with Gasteiger partial charge in [-0.1, -0.05) is 38.8 Å². The van der Waals surface area contributed by atoms with Crippen LogP contribution in [0.2, 0.25) is 0 Å². The van der Waals surface area contributed by atoms with Crippen LogP contribution in [-0.2, 0) is 13.0 Å². The summed E-state index contributed by atoms with van der Waals surface area (Å²) in [6.45, 7) is 8.14. The molecule has 1 N–H and O–H groups in total. The fourth-order valence-corrected chi connectivity index (χ4v) is 3.75. The van der Waals surface area contributed by atoms with Crippen LogP contribution in [0.1, 0.15) is 50.7 Å². The summed E-state index contributed by atoms with van der Waals surface area (Å²) in [7, 11) is 0. The molecule has 1 aromatic rings. The van der Waals surface area contributed by atoms with E-state index in [1.165, 1.54) is 55.5 Å². The minimum Gasteiger partial charge on any atom is -0.384 e. The summed E-state index contributed by atoms with van der Waals surface area (Å²) in [4.78, 5) is 2.73. The van der Waals surface area contributed by atoms with E-state index >= 15 is 0 Å². The Morgan fingerprint density at radius 2 is 2.05 bits per heavy atom. The molecule has 3 rings (SSSR count). The molecule has 110 valence electrons. The normalized spacial score (nSPS) is 18.8. The van der Waals surface area contributed by atoms with Gasteiger partial charge in [-0.05, 0) is 42.4 Å². The molecule has 1 heterocycles. The van der Waals surface area contributed by atoms with E-state index in [0.717, 1.165) is 25.0 Å². The average molecular weight is 272 g/mol. The van der Waals surface area contributed by atoms with Gasteiger partial charge in [0, 0.05) is 31.4 Å². The Hall–Kier alpha value is -1.02. The van der Waals surface area contributed by atoms with Crippen LogP contribution in [0, 0.1) is 5.92 Å². The first-order chi connectivity index (χ1) is 9.72. The summed E-state index contributed by atoms with van der Waals surface area (Å²) in [5, 5.41) is 3.51. The van der Waals surface area contributed by atoms with E-state index in [0.29, 0.717) is 0 Å². The zero-order chi connectivity index (χ0) is 13.9. The highest BCUT2D eigenvalue weighted by molar-refractivity contribution is 5.57. The highest BCUT2D eigenvalue weighted by atomic mass is 15.2. The van der Waals surface area contributed by atoms with Gasteiger partial charge in [0.1, 0.15) is 0 Å². The first kappa shape index (κ1) is 13.9. The molecule has 0 unspecified atom stereocenters. The summed E-state index contributed by atoms with van der Waals surface area (Å²) >= 11 is 0. The number of hydrogen-bond acceptors (Lipinski definition) is 2. The number of anilines is 1. The lowest BCUT2D eigenvalue weighted by Gasteiger charge is -2.30. The third-order valence-electron chi connectivity index (χ3n) is 4.71. The zero-order valence-electron chi connectivity index (χ0n) is 13.0. The molecule has 2 nitrogen and oxygen atoms in total. The van der Waals surface area contributed by atoms with E-state index < -0.39 is 0 Å². The summed E-state index contributed by atoms with van der Waals surface area (Å²) in [6.07, 6.45) is 6.83. The molecule has 1 aliphatic heterocycles. The molecule has 1 fully saturated rings. The van der Waals surface area contributed by atoms with Crippen molar-refractivity contribution in [2.75, 3.05) is 18.4 Å². The van der Waals surface area contributed by atoms with Gasteiger partial charge < -0.3 is 5.32 Å². The van der Waals surface area contributed by atoms with E-state index in [9.17, 15) is 0 Å². The highest BCUT2D eigenvalue weighted by Gasteiger charge is 2.23. The molecular formula is C18H28N2. The lowest BCUT2D eigenvalue weighted by molar-refractivity contribution is 0.168. The van der Waals surface area contributed by atoms with Gasteiger partial charge in [0.05, 0.1) is 0 Å². The topological polar surface area (TPSA) is 15.3 Å². The largest absolute Gasteiger partial charge is 0.384 e. The van der Waals surface area contributed by atoms with E-state index in [-0.39, 0.29) is 0 Å². The molecule has 0 radical (unpaired) electrons. The van der Waals surface area contributed by atoms with Crippen LogP contribution < -0.4 is 5.32 Å². The molecule has 2 heteroatoms. The van der Waals surface area contributed by atoms with E-state index in [2.05, 4.69) is 42.3 Å².